The number of benzene rings is 9. The number of hydrogen-bond donors (Lipinski definition) is 0. The summed E-state index contributed by atoms with van der Waals surface area (Å²) in [5.41, 5.74) is 15.5. The Morgan fingerprint density at radius 3 is 1.49 bits per heavy atom. The van der Waals surface area contributed by atoms with Crippen molar-refractivity contribution in [2.24, 2.45) is 0 Å². The normalized spacial score (nSPS) is 11.4. The second kappa shape index (κ2) is 14.6. The fraction of sp³-hybridized carbons (Fsp3) is 0. The number of para-hydroxylation sites is 2. The van der Waals surface area contributed by atoms with Crippen molar-refractivity contribution < 1.29 is 0 Å². The first kappa shape index (κ1) is 34.4. The van der Waals surface area contributed by atoms with Crippen molar-refractivity contribution in [3.05, 3.63) is 224 Å². The van der Waals surface area contributed by atoms with Crippen molar-refractivity contribution in [2.75, 3.05) is 0 Å². The molecule has 9 aromatic carbocycles. The third-order valence-corrected chi connectivity index (χ3v) is 11.4. The average Bonchev–Trinajstić information content (AvgIpc) is 3.66. The number of fused-ring (bicyclic) bond motifs is 4. The fourth-order valence-electron chi connectivity index (χ4n) is 8.59. The Labute approximate surface area is 343 Å². The van der Waals surface area contributed by atoms with Gasteiger partial charge in [0.1, 0.15) is 0 Å². The molecule has 0 N–H and O–H groups in total. The Balaban J connectivity index is 1.10. The number of hydrogen-bond acceptors (Lipinski definition) is 2. The van der Waals surface area contributed by atoms with Crippen LogP contribution in [0.2, 0.25) is 0 Å². The first-order valence-electron chi connectivity index (χ1n) is 20.1. The average molecular weight is 752 g/mol. The largest absolute Gasteiger partial charge is 0.309 e. The first-order valence-corrected chi connectivity index (χ1v) is 20.1. The van der Waals surface area contributed by atoms with E-state index >= 15 is 0 Å². The van der Waals surface area contributed by atoms with Gasteiger partial charge in [-0.1, -0.05) is 170 Å². The molecule has 11 aromatic rings. The maximum atomic E-state index is 5.21. The molecule has 0 saturated heterocycles. The summed E-state index contributed by atoms with van der Waals surface area (Å²) in [7, 11) is 0. The van der Waals surface area contributed by atoms with Crippen LogP contribution >= 0.6 is 0 Å². The molecule has 0 aliphatic rings. The van der Waals surface area contributed by atoms with Gasteiger partial charge in [-0.3, -0.25) is 0 Å². The van der Waals surface area contributed by atoms with Crippen LogP contribution in [0.3, 0.4) is 0 Å². The maximum Gasteiger partial charge on any atom is 0.160 e. The van der Waals surface area contributed by atoms with Crippen molar-refractivity contribution in [1.82, 2.24) is 14.5 Å². The number of nitrogens with zero attached hydrogens (tertiary/aromatic N) is 3. The monoisotopic (exact) mass is 751 g/mol. The standard InChI is InChI=1S/C56H37N3/c1-5-17-38(18-6-1)42-33-43(41-29-32-55-51(36-41)50-27-15-16-28-54(50)59(55)45-23-11-4-12-24-45)35-44(34-42)46-30-31-49(48-26-14-13-25-47(46)48)53-37-52(39-19-7-2-8-20-39)57-56(58-53)40-21-9-3-10-22-40/h1-37H. The number of rotatable bonds is 7. The summed E-state index contributed by atoms with van der Waals surface area (Å²) in [6.07, 6.45) is 0. The second-order valence-electron chi connectivity index (χ2n) is 15.0. The summed E-state index contributed by atoms with van der Waals surface area (Å²) < 4.78 is 2.37. The molecule has 0 fully saturated rings. The summed E-state index contributed by atoms with van der Waals surface area (Å²) in [6, 6.07) is 80.0. The van der Waals surface area contributed by atoms with Crippen LogP contribution in [0, 0.1) is 0 Å². The molecular weight excluding hydrogens is 715 g/mol. The van der Waals surface area contributed by atoms with Gasteiger partial charge < -0.3 is 4.57 Å². The van der Waals surface area contributed by atoms with E-state index in [9.17, 15) is 0 Å². The van der Waals surface area contributed by atoms with E-state index in [0.717, 1.165) is 44.7 Å². The van der Waals surface area contributed by atoms with Crippen LogP contribution in [0.25, 0.3) is 106 Å². The van der Waals surface area contributed by atoms with Crippen molar-refractivity contribution in [2.45, 2.75) is 0 Å². The minimum absolute atomic E-state index is 0.708. The Hall–Kier alpha value is -7.88. The predicted molar refractivity (Wildman–Crippen MR) is 246 cm³/mol. The van der Waals surface area contributed by atoms with Crippen LogP contribution in [0.5, 0.6) is 0 Å². The van der Waals surface area contributed by atoms with Gasteiger partial charge in [-0.25, -0.2) is 9.97 Å². The molecule has 0 aliphatic heterocycles. The van der Waals surface area contributed by atoms with Gasteiger partial charge in [0.05, 0.1) is 22.4 Å². The summed E-state index contributed by atoms with van der Waals surface area (Å²) in [5.74, 6) is 0.708. The van der Waals surface area contributed by atoms with Gasteiger partial charge in [0.25, 0.3) is 0 Å². The van der Waals surface area contributed by atoms with Gasteiger partial charge in [0.15, 0.2) is 5.82 Å². The zero-order valence-electron chi connectivity index (χ0n) is 32.2. The molecule has 0 spiro atoms. The Kier molecular flexibility index (Phi) is 8.49. The molecule has 0 radical (unpaired) electrons. The highest BCUT2D eigenvalue weighted by atomic mass is 15.0. The highest BCUT2D eigenvalue weighted by Crippen LogP contribution is 2.41. The minimum atomic E-state index is 0.708. The van der Waals surface area contributed by atoms with Crippen LogP contribution in [-0.4, -0.2) is 14.5 Å². The summed E-state index contributed by atoms with van der Waals surface area (Å²) >= 11 is 0. The minimum Gasteiger partial charge on any atom is -0.309 e. The molecular formula is C56H37N3. The van der Waals surface area contributed by atoms with Crippen LogP contribution in [0.15, 0.2) is 224 Å². The van der Waals surface area contributed by atoms with E-state index in [1.165, 1.54) is 55.0 Å². The summed E-state index contributed by atoms with van der Waals surface area (Å²) in [4.78, 5) is 10.3. The zero-order chi connectivity index (χ0) is 39.1. The van der Waals surface area contributed by atoms with Crippen LogP contribution < -0.4 is 0 Å². The first-order chi connectivity index (χ1) is 29.2. The van der Waals surface area contributed by atoms with Gasteiger partial charge in [0.2, 0.25) is 0 Å². The molecule has 2 aromatic heterocycles. The molecule has 11 rings (SSSR count). The van der Waals surface area contributed by atoms with Crippen molar-refractivity contribution in [3.8, 4) is 73.0 Å². The molecule has 59 heavy (non-hydrogen) atoms. The van der Waals surface area contributed by atoms with Gasteiger partial charge in [0, 0.05) is 33.2 Å². The molecule has 0 atom stereocenters. The van der Waals surface area contributed by atoms with Crippen molar-refractivity contribution >= 4 is 32.6 Å². The van der Waals surface area contributed by atoms with E-state index in [2.05, 4.69) is 205 Å². The molecule has 0 aliphatic carbocycles. The molecule has 0 amide bonds. The quantitative estimate of drug-likeness (QED) is 0.162. The van der Waals surface area contributed by atoms with Crippen LogP contribution in [-0.2, 0) is 0 Å². The van der Waals surface area contributed by atoms with E-state index in [1.54, 1.807) is 0 Å². The smallest absolute Gasteiger partial charge is 0.160 e. The number of aromatic nitrogens is 3. The molecule has 0 saturated carbocycles. The van der Waals surface area contributed by atoms with Gasteiger partial charge in [-0.05, 0) is 98.8 Å². The molecule has 3 nitrogen and oxygen atoms in total. The van der Waals surface area contributed by atoms with Crippen molar-refractivity contribution in [1.29, 1.82) is 0 Å². The molecule has 0 unspecified atom stereocenters. The maximum absolute atomic E-state index is 5.21. The Bertz CT molecular complexity index is 3240. The van der Waals surface area contributed by atoms with Crippen molar-refractivity contribution in [3.63, 3.8) is 0 Å². The lowest BCUT2D eigenvalue weighted by molar-refractivity contribution is 1.18. The Morgan fingerprint density at radius 2 is 0.780 bits per heavy atom. The topological polar surface area (TPSA) is 30.7 Å². The molecule has 0 bridgehead atoms. The molecule has 3 heteroatoms. The predicted octanol–water partition coefficient (Wildman–Crippen LogP) is 14.7. The lowest BCUT2D eigenvalue weighted by atomic mass is 9.89. The van der Waals surface area contributed by atoms with E-state index in [4.69, 9.17) is 9.97 Å². The second-order valence-corrected chi connectivity index (χ2v) is 15.0. The third-order valence-electron chi connectivity index (χ3n) is 11.4. The Morgan fingerprint density at radius 1 is 0.271 bits per heavy atom. The van der Waals surface area contributed by atoms with Gasteiger partial charge in [-0.2, -0.15) is 0 Å². The highest BCUT2D eigenvalue weighted by Gasteiger charge is 2.18. The van der Waals surface area contributed by atoms with E-state index in [-0.39, 0.29) is 0 Å². The third kappa shape index (κ3) is 6.26. The van der Waals surface area contributed by atoms with E-state index in [0.29, 0.717) is 5.82 Å². The zero-order valence-corrected chi connectivity index (χ0v) is 32.2. The fourth-order valence-corrected chi connectivity index (χ4v) is 8.59. The van der Waals surface area contributed by atoms with E-state index in [1.807, 2.05) is 24.3 Å². The van der Waals surface area contributed by atoms with Gasteiger partial charge in [-0.15, -0.1) is 0 Å². The molecule has 276 valence electrons. The van der Waals surface area contributed by atoms with E-state index < -0.39 is 0 Å². The highest BCUT2D eigenvalue weighted by molar-refractivity contribution is 6.11. The lowest BCUT2D eigenvalue weighted by Gasteiger charge is -2.16. The van der Waals surface area contributed by atoms with Crippen LogP contribution in [0.4, 0.5) is 0 Å². The molecule has 2 heterocycles. The lowest BCUT2D eigenvalue weighted by Crippen LogP contribution is -1.96. The van der Waals surface area contributed by atoms with Gasteiger partial charge >= 0.3 is 0 Å². The summed E-state index contributed by atoms with van der Waals surface area (Å²) in [6.45, 7) is 0. The van der Waals surface area contributed by atoms with Crippen LogP contribution in [0.1, 0.15) is 0 Å². The SMILES string of the molecule is c1ccc(-c2cc(-c3ccc4c(c3)c3ccccc3n4-c3ccccc3)cc(-c3ccc(-c4cc(-c5ccccc5)nc(-c5ccccc5)n4)c4ccccc34)c2)cc1. The summed E-state index contributed by atoms with van der Waals surface area (Å²) in [5, 5.41) is 4.79.